The highest BCUT2D eigenvalue weighted by Gasteiger charge is 2.68. The van der Waals surface area contributed by atoms with Crippen molar-refractivity contribution >= 4 is 140 Å². The first-order valence-corrected chi connectivity index (χ1v) is 50.0. The number of aliphatic hydroxyl groups is 3. The van der Waals surface area contributed by atoms with E-state index >= 15 is 0 Å². The van der Waals surface area contributed by atoms with E-state index < -0.39 is 173 Å². The summed E-state index contributed by atoms with van der Waals surface area (Å²) >= 11 is 20.2. The van der Waals surface area contributed by atoms with Crippen molar-refractivity contribution in [1.82, 2.24) is 0 Å². The number of para-hydroxylation sites is 1. The van der Waals surface area contributed by atoms with E-state index in [2.05, 4.69) is 16.0 Å². The number of hydrogen-bond donors (Lipinski definition) is 9. The molecule has 21 atom stereocenters. The summed E-state index contributed by atoms with van der Waals surface area (Å²) in [6.45, 7) is 25.9. The molecule has 0 aromatic heterocycles. The van der Waals surface area contributed by atoms with Crippen molar-refractivity contribution in [3.8, 4) is 0 Å². The smallest absolute Gasteiger partial charge is 0.412 e. The van der Waals surface area contributed by atoms with E-state index in [0.29, 0.717) is 74.1 Å². The van der Waals surface area contributed by atoms with Crippen molar-refractivity contribution in [2.45, 2.75) is 281 Å². The van der Waals surface area contributed by atoms with Gasteiger partial charge in [-0.3, -0.25) is 44.7 Å². The van der Waals surface area contributed by atoms with Crippen LogP contribution in [0.15, 0.2) is 162 Å². The molecular formula is C110H135Cl3FN9O24. The molecule has 12 N–H and O–H groups in total. The number of carbonyl (C=O) groups is 9. The molecule has 6 saturated heterocycles. The van der Waals surface area contributed by atoms with Gasteiger partial charge in [0.2, 0.25) is 17.7 Å². The Morgan fingerprint density at radius 3 is 1.09 bits per heavy atom. The van der Waals surface area contributed by atoms with Crippen molar-refractivity contribution in [1.29, 1.82) is 0 Å². The molecule has 33 nitrogen and oxygen atoms in total. The summed E-state index contributed by atoms with van der Waals surface area (Å²) in [4.78, 5) is 125. The highest BCUT2D eigenvalue weighted by molar-refractivity contribution is 6.35. The normalized spacial score (nSPS) is 32.3. The molecule has 147 heavy (non-hydrogen) atoms. The lowest BCUT2D eigenvalue weighted by atomic mass is 9.78. The fourth-order valence-corrected chi connectivity index (χ4v) is 21.5. The van der Waals surface area contributed by atoms with Crippen LogP contribution in [0.2, 0.25) is 15.1 Å². The molecule has 0 radical (unpaired) electrons. The zero-order chi connectivity index (χ0) is 108. The molecule has 792 valence electrons. The predicted molar refractivity (Wildman–Crippen MR) is 558 cm³/mol. The van der Waals surface area contributed by atoms with E-state index in [0.717, 1.165) is 73.4 Å². The zero-order valence-corrected chi connectivity index (χ0v) is 88.8. The van der Waals surface area contributed by atoms with Gasteiger partial charge in [-0.05, 0) is 195 Å². The largest absolute Gasteiger partial charge is 0.462 e. The van der Waals surface area contributed by atoms with Gasteiger partial charge < -0.3 is 104 Å². The molecule has 0 saturated carbocycles. The Labute approximate surface area is 871 Å². The summed E-state index contributed by atoms with van der Waals surface area (Å²) in [7, 11) is 9.31. The Kier molecular flexibility index (Phi) is 35.0. The Hall–Kier alpha value is -11.8. The van der Waals surface area contributed by atoms with Crippen LogP contribution in [0.25, 0.3) is 0 Å². The van der Waals surface area contributed by atoms with Crippen LogP contribution in [0.5, 0.6) is 0 Å². The third kappa shape index (κ3) is 25.9. The second-order valence-electron chi connectivity index (χ2n) is 41.1. The average molecular weight is 2090 g/mol. The number of nitrogens with zero attached hydrogens (tertiary/aromatic N) is 3. The number of methoxy groups -OCH3 is 3. The summed E-state index contributed by atoms with van der Waals surface area (Å²) < 4.78 is 84.5. The van der Waals surface area contributed by atoms with E-state index in [1.54, 1.807) is 110 Å². The van der Waals surface area contributed by atoms with Gasteiger partial charge in [-0.2, -0.15) is 0 Å². The molecule has 9 heterocycles. The van der Waals surface area contributed by atoms with E-state index in [9.17, 15) is 62.9 Å². The maximum absolute atomic E-state index is 14.0. The lowest BCUT2D eigenvalue weighted by Gasteiger charge is -2.41. The van der Waals surface area contributed by atoms with Crippen LogP contribution in [0.1, 0.15) is 165 Å². The standard InChI is InChI=1S/2C37H46ClN3O8.C36H43ClFN3O8/c1-20-10-8-13-28(46-7)37(45)18-27(47-31(43)19-37)23(4)34-36(5,49-34)29(48-35(44)40-33-21(2)11-9-12-25(33)39)17-30(42)41(6)26-16-24(14-20)15-22(3)32(26)38;1-20-9-8-10-29(46-7)37(45)18-28(47-32(43)19-37)23(4)34-36(5,49-34)30(48-35(44)40-26-16-25(39)12-11-21(26)2)17-31(42)41(6)27-15-24(13-20)14-22(3)33(27)38;1-19-8-7-9-28(46-6)36(45)17-27(47-31(43)18-36)21(3)33-35(4,49-33)29(48-34(44)40-25-11-10-23(38)15-24(25)39)16-30(42)41(5)26-14-22(12-19)13-20(2)32(26)37/h8-13,15-16,23,27-29,34,45H,14,17-19,39H2,1-7H3,(H,40,44);8-12,14-16,23,28-30,34,45H,13,17-19,39H2,1-7H3,(H,40,44);7-11,13-15,21,27-29,33,45H,12,16-18,39H2,1-6H3,(H,40,44)/b13-8+,20-10+;10-8+,20-9+;9-7+,19-8+/t23-,27+,28-,29+,34+,36+,37-;23-,28+,29-,30+,34+,36+,37-;21-,27+,28-,29+,33+,35+,36-/m111/s1. The number of anilines is 9. The SMILES string of the molecule is CO[C@@H]1/C=C/C=C(\C)Cc2cc(C)c(Cl)c(c2)N(C)C(=O)C[C@H](OC(=O)Nc2c(C)cccc2N)[C@]2(C)O[C@H]2[C@H](C)[C@@H]2C[C@@]1(O)CC(=O)O2.CO[C@@H]1/C=C/C=C(\C)Cc2cc(C)c(Cl)c(c2)N(C)C(=O)C[C@H](OC(=O)Nc2cc(N)ccc2C)[C@]2(C)O[C@H]2[C@H](C)[C@@H]2C[C@@]1(O)CC(=O)O2.CO[C@@H]1/C=C/C=C(\C)Cc2cc(C)c(Cl)c(c2)N(C)C(=O)C[C@H](OC(=O)Nc2ccc(F)cc2N)[C@]2(C)O[C@H]2[C@H](C)[C@@H]2C[C@@]1(O)CC(=O)O2. The first-order valence-electron chi connectivity index (χ1n) is 48.9. The monoisotopic (exact) mass is 2090 g/mol. The maximum Gasteiger partial charge on any atom is 0.412 e. The van der Waals surface area contributed by atoms with Gasteiger partial charge in [0.15, 0.2) is 0 Å². The number of allylic oxidation sites excluding steroid dienone is 9. The van der Waals surface area contributed by atoms with Crippen molar-refractivity contribution < 1.29 is 120 Å². The van der Waals surface area contributed by atoms with Gasteiger partial charge in [0.05, 0.1) is 112 Å². The first kappa shape index (κ1) is 112. The van der Waals surface area contributed by atoms with E-state index in [-0.39, 0.29) is 81.0 Å². The molecule has 12 bridgehead atoms. The van der Waals surface area contributed by atoms with Crippen LogP contribution in [0, 0.1) is 58.2 Å². The molecule has 37 heteroatoms. The van der Waals surface area contributed by atoms with Crippen molar-refractivity contribution in [3.05, 3.63) is 228 Å². The lowest BCUT2D eigenvalue weighted by molar-refractivity contribution is -0.188. The fraction of sp³-hybridized carbons (Fsp3) is 0.482. The van der Waals surface area contributed by atoms with Crippen LogP contribution in [-0.2, 0) is 105 Å². The van der Waals surface area contributed by atoms with Gasteiger partial charge >= 0.3 is 36.2 Å². The molecule has 9 aliphatic heterocycles. The van der Waals surface area contributed by atoms with Gasteiger partial charge in [-0.25, -0.2) is 18.8 Å². The minimum absolute atomic E-state index is 0.0144. The number of halogens is 4. The number of benzene rings is 6. The second-order valence-corrected chi connectivity index (χ2v) is 42.2. The summed E-state index contributed by atoms with van der Waals surface area (Å²) in [5, 5.41) is 44.6. The van der Waals surface area contributed by atoms with Crippen molar-refractivity contribution in [3.63, 3.8) is 0 Å². The highest BCUT2D eigenvalue weighted by atomic mass is 35.5. The average Bonchev–Trinajstić information content (AvgIpc) is 1.58. The number of hydrogen-bond acceptors (Lipinski definition) is 27. The Morgan fingerprint density at radius 2 is 0.762 bits per heavy atom. The van der Waals surface area contributed by atoms with Gasteiger partial charge in [0, 0.05) is 90.9 Å². The van der Waals surface area contributed by atoms with Crippen molar-refractivity contribution in [2.75, 3.05) is 90.3 Å². The molecule has 6 amide bonds. The van der Waals surface area contributed by atoms with Crippen LogP contribution in [-0.4, -0.2) is 219 Å². The molecule has 6 fully saturated rings. The molecule has 9 aliphatic rings. The minimum Gasteiger partial charge on any atom is -0.462 e. The van der Waals surface area contributed by atoms with Gasteiger partial charge in [-0.1, -0.05) is 163 Å². The van der Waals surface area contributed by atoms with Crippen LogP contribution < -0.4 is 47.9 Å². The number of rotatable bonds is 9. The fourth-order valence-electron chi connectivity index (χ4n) is 20.8. The number of amides is 6. The lowest BCUT2D eigenvalue weighted by Crippen LogP contribution is -2.53. The van der Waals surface area contributed by atoms with E-state index in [4.69, 9.17) is 109 Å². The number of esters is 3. The zero-order valence-electron chi connectivity index (χ0n) is 86.5. The summed E-state index contributed by atoms with van der Waals surface area (Å²) in [5.74, 6) is -4.79. The third-order valence-electron chi connectivity index (χ3n) is 29.6. The number of nitrogen functional groups attached to an aromatic ring is 3. The Balaban J connectivity index is 0.000000184. The number of epoxide rings is 3. The maximum atomic E-state index is 14.0. The highest BCUT2D eigenvalue weighted by Crippen LogP contribution is 2.55. The number of fused-ring (bicyclic) bond motifs is 15. The number of ether oxygens (including phenoxy) is 12. The van der Waals surface area contributed by atoms with Gasteiger partial charge in [-0.15, -0.1) is 0 Å². The third-order valence-corrected chi connectivity index (χ3v) is 31.1. The minimum atomic E-state index is -1.57. The van der Waals surface area contributed by atoms with Crippen LogP contribution in [0.4, 0.5) is 70.0 Å². The number of carbonyl (C=O) groups excluding carboxylic acids is 9. The topological polar surface area (TPSA) is 459 Å². The summed E-state index contributed by atoms with van der Waals surface area (Å²) in [5.41, 5.74) is 22.8. The number of aryl methyl sites for hydroxylation is 5. The Bertz CT molecular complexity index is 6230. The molecule has 0 aliphatic carbocycles. The molecule has 6 aromatic rings. The van der Waals surface area contributed by atoms with Gasteiger partial charge in [0.25, 0.3) is 0 Å². The molecule has 6 aromatic carbocycles. The van der Waals surface area contributed by atoms with E-state index in [1.165, 1.54) is 42.1 Å². The molecular weight excluding hydrogens is 1960 g/mol. The predicted octanol–water partition coefficient (Wildman–Crippen LogP) is 17.3. The molecule has 0 spiro atoms. The first-order chi connectivity index (χ1) is 69.1. The quantitative estimate of drug-likeness (QED) is 0.0281. The van der Waals surface area contributed by atoms with Gasteiger partial charge in [0.1, 0.15) is 94.4 Å². The van der Waals surface area contributed by atoms with Crippen molar-refractivity contribution in [2.24, 2.45) is 17.8 Å². The molecule has 15 rings (SSSR count). The number of nitrogens with one attached hydrogen (secondary N) is 3. The Morgan fingerprint density at radius 1 is 0.429 bits per heavy atom. The van der Waals surface area contributed by atoms with Crippen LogP contribution in [0.3, 0.4) is 0 Å². The summed E-state index contributed by atoms with van der Waals surface area (Å²) in [6, 6.07) is 25.4. The number of nitrogens with two attached hydrogens (primary N) is 3. The summed E-state index contributed by atoms with van der Waals surface area (Å²) in [6.07, 6.45) is 4.45. The second kappa shape index (κ2) is 45.7. The van der Waals surface area contributed by atoms with E-state index in [1.807, 2.05) is 136 Å². The molecule has 0 unspecified atom stereocenters. The van der Waals surface area contributed by atoms with Crippen LogP contribution >= 0.6 is 34.8 Å².